The smallest absolute Gasteiger partial charge is 0.331 e. The van der Waals surface area contributed by atoms with E-state index in [1.165, 1.54) is 17.8 Å². The molecule has 0 radical (unpaired) electrons. The minimum absolute atomic E-state index is 0.354. The first-order chi connectivity index (χ1) is 13.7. The molecule has 28 heavy (non-hydrogen) atoms. The fourth-order valence-electron chi connectivity index (χ4n) is 2.57. The van der Waals surface area contributed by atoms with E-state index in [1.807, 2.05) is 36.6 Å². The number of anilines is 1. The lowest BCUT2D eigenvalue weighted by atomic mass is 10.2. The fraction of sp³-hybridized carbons (Fsp3) is 0.238. The number of esters is 1. The predicted molar refractivity (Wildman–Crippen MR) is 109 cm³/mol. The van der Waals surface area contributed by atoms with Gasteiger partial charge in [0.2, 0.25) is 0 Å². The zero-order chi connectivity index (χ0) is 19.8. The van der Waals surface area contributed by atoms with Gasteiger partial charge in [-0.25, -0.2) is 4.79 Å². The summed E-state index contributed by atoms with van der Waals surface area (Å²) in [5.74, 6) is 0.360. The molecule has 0 saturated heterocycles. The highest BCUT2D eigenvalue weighted by Gasteiger charge is 2.11. The number of fused-ring (bicyclic) bond motifs is 1. The van der Waals surface area contributed by atoms with Crippen LogP contribution in [0.4, 0.5) is 5.69 Å². The van der Waals surface area contributed by atoms with E-state index in [2.05, 4.69) is 5.32 Å². The van der Waals surface area contributed by atoms with Crippen LogP contribution in [0.15, 0.2) is 53.4 Å². The molecular formula is C21H21NO5S. The third kappa shape index (κ3) is 5.53. The first kappa shape index (κ1) is 19.8. The summed E-state index contributed by atoms with van der Waals surface area (Å²) < 4.78 is 16.2. The molecule has 1 N–H and O–H groups in total. The Hall–Kier alpha value is -2.93. The van der Waals surface area contributed by atoms with Crippen LogP contribution in [0.25, 0.3) is 6.08 Å². The van der Waals surface area contributed by atoms with E-state index in [1.54, 1.807) is 18.2 Å². The molecule has 1 aliphatic heterocycles. The molecule has 0 aromatic heterocycles. The van der Waals surface area contributed by atoms with Crippen molar-refractivity contribution in [3.8, 4) is 11.5 Å². The zero-order valence-corrected chi connectivity index (χ0v) is 16.3. The summed E-state index contributed by atoms with van der Waals surface area (Å²) in [5, 5.41) is 2.74. The SMILES string of the molecule is CSc1ccccc1NC(=O)COC(=O)/C=C/c1ccc2c(c1)OCCCO2. The summed E-state index contributed by atoms with van der Waals surface area (Å²) in [5.41, 5.74) is 1.47. The number of amides is 1. The van der Waals surface area contributed by atoms with Crippen LogP contribution < -0.4 is 14.8 Å². The van der Waals surface area contributed by atoms with Gasteiger partial charge in [0.05, 0.1) is 18.9 Å². The van der Waals surface area contributed by atoms with Crippen molar-refractivity contribution in [1.29, 1.82) is 0 Å². The number of hydrogen-bond donors (Lipinski definition) is 1. The highest BCUT2D eigenvalue weighted by molar-refractivity contribution is 7.98. The summed E-state index contributed by atoms with van der Waals surface area (Å²) in [6, 6.07) is 12.9. The van der Waals surface area contributed by atoms with Crippen molar-refractivity contribution in [2.45, 2.75) is 11.3 Å². The summed E-state index contributed by atoms with van der Waals surface area (Å²) in [6.45, 7) is 0.863. The van der Waals surface area contributed by atoms with Gasteiger partial charge in [-0.15, -0.1) is 11.8 Å². The van der Waals surface area contributed by atoms with Crippen molar-refractivity contribution >= 4 is 35.4 Å². The van der Waals surface area contributed by atoms with Crippen LogP contribution in [0, 0.1) is 0 Å². The van der Waals surface area contributed by atoms with E-state index < -0.39 is 5.97 Å². The standard InChI is InChI=1S/C21H21NO5S/c1-28-19-6-3-2-5-16(19)22-20(23)14-27-21(24)10-8-15-7-9-17-18(13-15)26-12-4-11-25-17/h2-3,5-10,13H,4,11-12,14H2,1H3,(H,22,23)/b10-8+. The Bertz CT molecular complexity index is 881. The zero-order valence-electron chi connectivity index (χ0n) is 15.5. The quantitative estimate of drug-likeness (QED) is 0.453. The molecule has 1 aliphatic rings. The number of thioether (sulfide) groups is 1. The minimum Gasteiger partial charge on any atom is -0.490 e. The van der Waals surface area contributed by atoms with Gasteiger partial charge in [0.25, 0.3) is 5.91 Å². The van der Waals surface area contributed by atoms with E-state index in [9.17, 15) is 9.59 Å². The molecule has 3 rings (SSSR count). The Kier molecular flexibility index (Phi) is 6.97. The van der Waals surface area contributed by atoms with Gasteiger partial charge in [-0.05, 0) is 42.2 Å². The van der Waals surface area contributed by atoms with E-state index in [-0.39, 0.29) is 12.5 Å². The highest BCUT2D eigenvalue weighted by Crippen LogP contribution is 2.30. The number of nitrogens with one attached hydrogen (secondary N) is 1. The van der Waals surface area contributed by atoms with E-state index >= 15 is 0 Å². The molecule has 0 fully saturated rings. The van der Waals surface area contributed by atoms with Gasteiger partial charge in [0, 0.05) is 17.4 Å². The van der Waals surface area contributed by atoms with Crippen LogP contribution in [0.2, 0.25) is 0 Å². The van der Waals surface area contributed by atoms with Gasteiger partial charge < -0.3 is 19.5 Å². The number of hydrogen-bond acceptors (Lipinski definition) is 6. The Morgan fingerprint density at radius 3 is 2.75 bits per heavy atom. The number of para-hydroxylation sites is 1. The maximum Gasteiger partial charge on any atom is 0.331 e. The second-order valence-corrected chi connectivity index (χ2v) is 6.79. The van der Waals surface area contributed by atoms with Gasteiger partial charge in [-0.3, -0.25) is 4.79 Å². The number of rotatable bonds is 6. The molecule has 1 amide bonds. The molecule has 7 heteroatoms. The molecule has 1 heterocycles. The molecule has 0 spiro atoms. The predicted octanol–water partition coefficient (Wildman–Crippen LogP) is 3.76. The Balaban J connectivity index is 1.51. The third-order valence-electron chi connectivity index (χ3n) is 3.91. The van der Waals surface area contributed by atoms with Crippen LogP contribution in [-0.4, -0.2) is 38.0 Å². The monoisotopic (exact) mass is 399 g/mol. The summed E-state index contributed by atoms with van der Waals surface area (Å²) in [6.07, 6.45) is 5.64. The first-order valence-electron chi connectivity index (χ1n) is 8.83. The number of carbonyl (C=O) groups excluding carboxylic acids is 2. The molecule has 2 aromatic carbocycles. The molecule has 0 bridgehead atoms. The van der Waals surface area contributed by atoms with Gasteiger partial charge in [0.15, 0.2) is 18.1 Å². The van der Waals surface area contributed by atoms with Crippen molar-refractivity contribution in [1.82, 2.24) is 0 Å². The van der Waals surface area contributed by atoms with Gasteiger partial charge >= 0.3 is 5.97 Å². The Morgan fingerprint density at radius 1 is 1.14 bits per heavy atom. The van der Waals surface area contributed by atoms with Crippen LogP contribution in [0.5, 0.6) is 11.5 Å². The fourth-order valence-corrected chi connectivity index (χ4v) is 3.12. The minimum atomic E-state index is -0.597. The molecular weight excluding hydrogens is 378 g/mol. The Morgan fingerprint density at radius 2 is 1.93 bits per heavy atom. The molecule has 2 aromatic rings. The van der Waals surface area contributed by atoms with Crippen molar-refractivity contribution < 1.29 is 23.8 Å². The third-order valence-corrected chi connectivity index (χ3v) is 4.71. The average molecular weight is 399 g/mol. The van der Waals surface area contributed by atoms with Crippen molar-refractivity contribution in [2.75, 3.05) is 31.4 Å². The summed E-state index contributed by atoms with van der Waals surface area (Å²) >= 11 is 1.53. The normalized spacial score (nSPS) is 13.0. The van der Waals surface area contributed by atoms with E-state index in [0.717, 1.165) is 16.9 Å². The first-order valence-corrected chi connectivity index (χ1v) is 10.1. The molecule has 6 nitrogen and oxygen atoms in total. The van der Waals surface area contributed by atoms with E-state index in [4.69, 9.17) is 14.2 Å². The van der Waals surface area contributed by atoms with Crippen molar-refractivity contribution in [3.63, 3.8) is 0 Å². The Labute approximate surface area is 167 Å². The van der Waals surface area contributed by atoms with E-state index in [0.29, 0.717) is 30.4 Å². The lowest BCUT2D eigenvalue weighted by Gasteiger charge is -2.09. The van der Waals surface area contributed by atoms with Gasteiger partial charge in [0.1, 0.15) is 0 Å². The van der Waals surface area contributed by atoms with Gasteiger partial charge in [-0.2, -0.15) is 0 Å². The molecule has 0 saturated carbocycles. The summed E-state index contributed by atoms with van der Waals surface area (Å²) in [4.78, 5) is 24.8. The lowest BCUT2D eigenvalue weighted by molar-refractivity contribution is -0.142. The average Bonchev–Trinajstić information content (AvgIpc) is 2.96. The molecule has 0 unspecified atom stereocenters. The van der Waals surface area contributed by atoms with Crippen LogP contribution >= 0.6 is 11.8 Å². The van der Waals surface area contributed by atoms with Crippen LogP contribution in [0.1, 0.15) is 12.0 Å². The summed E-state index contributed by atoms with van der Waals surface area (Å²) in [7, 11) is 0. The number of ether oxygens (including phenoxy) is 3. The van der Waals surface area contributed by atoms with Gasteiger partial charge in [-0.1, -0.05) is 18.2 Å². The topological polar surface area (TPSA) is 73.9 Å². The largest absolute Gasteiger partial charge is 0.490 e. The highest BCUT2D eigenvalue weighted by atomic mass is 32.2. The maximum atomic E-state index is 12.0. The number of benzene rings is 2. The van der Waals surface area contributed by atoms with Crippen molar-refractivity contribution in [3.05, 3.63) is 54.1 Å². The van der Waals surface area contributed by atoms with Crippen molar-refractivity contribution in [2.24, 2.45) is 0 Å². The van der Waals surface area contributed by atoms with Crippen LogP contribution in [0.3, 0.4) is 0 Å². The second-order valence-electron chi connectivity index (χ2n) is 5.95. The molecule has 146 valence electrons. The molecule has 0 aliphatic carbocycles. The second kappa shape index (κ2) is 9.85. The maximum absolute atomic E-state index is 12.0. The molecule has 0 atom stereocenters. The number of carbonyl (C=O) groups is 2. The van der Waals surface area contributed by atoms with Crippen LogP contribution in [-0.2, 0) is 14.3 Å². The lowest BCUT2D eigenvalue weighted by Crippen LogP contribution is -2.20.